The van der Waals surface area contributed by atoms with Gasteiger partial charge in [-0.2, -0.15) is 0 Å². The molecule has 0 aliphatic carbocycles. The summed E-state index contributed by atoms with van der Waals surface area (Å²) in [4.78, 5) is 24.6. The summed E-state index contributed by atoms with van der Waals surface area (Å²) >= 11 is 6.80. The number of benzene rings is 2. The lowest BCUT2D eigenvalue weighted by molar-refractivity contribution is -0.118. The molecule has 0 atom stereocenters. The lowest BCUT2D eigenvalue weighted by Gasteiger charge is -2.15. The zero-order valence-electron chi connectivity index (χ0n) is 13.4. The van der Waals surface area contributed by atoms with Gasteiger partial charge in [-0.25, -0.2) is 0 Å². The fourth-order valence-electron chi connectivity index (χ4n) is 2.02. The second kappa shape index (κ2) is 8.44. The summed E-state index contributed by atoms with van der Waals surface area (Å²) in [5.41, 5.74) is 1.89. The Labute approximate surface area is 158 Å². The molecule has 2 N–H and O–H groups in total. The van der Waals surface area contributed by atoms with Gasteiger partial charge in [-0.05, 0) is 33.6 Å². The van der Waals surface area contributed by atoms with Crippen LogP contribution < -0.4 is 10.6 Å². The van der Waals surface area contributed by atoms with E-state index in [2.05, 4.69) is 42.5 Å². The molecule has 0 fully saturated rings. The third kappa shape index (κ3) is 4.92. The topological polar surface area (TPSA) is 58.2 Å². The largest absolute Gasteiger partial charge is 0.348 e. The van der Waals surface area contributed by atoms with Crippen LogP contribution in [0.4, 0.5) is 5.69 Å². The fraction of sp³-hybridized carbons (Fsp3) is 0.222. The highest BCUT2D eigenvalue weighted by Gasteiger charge is 2.18. The van der Waals surface area contributed by atoms with Crippen molar-refractivity contribution in [2.45, 2.75) is 20.4 Å². The predicted molar refractivity (Wildman–Crippen MR) is 103 cm³/mol. The van der Waals surface area contributed by atoms with Crippen molar-refractivity contribution in [3.63, 3.8) is 0 Å². The second-order valence-electron chi connectivity index (χ2n) is 5.62. The maximum absolute atomic E-state index is 12.6. The molecule has 0 saturated heterocycles. The summed E-state index contributed by atoms with van der Waals surface area (Å²) < 4.78 is 1.40. The van der Waals surface area contributed by atoms with Gasteiger partial charge < -0.3 is 10.6 Å². The number of anilines is 1. The van der Waals surface area contributed by atoms with Crippen LogP contribution in [0, 0.1) is 5.92 Å². The number of rotatable bonds is 5. The van der Waals surface area contributed by atoms with E-state index in [-0.39, 0.29) is 17.7 Å². The molecule has 2 aromatic rings. The van der Waals surface area contributed by atoms with E-state index in [1.807, 2.05) is 30.3 Å². The molecule has 4 nitrogen and oxygen atoms in total. The quantitative estimate of drug-likeness (QED) is 0.687. The fourth-order valence-corrected chi connectivity index (χ4v) is 3.35. The smallest absolute Gasteiger partial charge is 0.253 e. The lowest BCUT2D eigenvalue weighted by atomic mass is 10.1. The van der Waals surface area contributed by atoms with Gasteiger partial charge in [0.25, 0.3) is 5.91 Å². The van der Waals surface area contributed by atoms with Gasteiger partial charge >= 0.3 is 0 Å². The van der Waals surface area contributed by atoms with E-state index in [4.69, 9.17) is 0 Å². The Morgan fingerprint density at radius 2 is 1.75 bits per heavy atom. The molecule has 24 heavy (non-hydrogen) atoms. The molecule has 2 rings (SSSR count). The first kappa shape index (κ1) is 18.7. The van der Waals surface area contributed by atoms with Gasteiger partial charge in [-0.3, -0.25) is 9.59 Å². The van der Waals surface area contributed by atoms with Crippen LogP contribution in [0.5, 0.6) is 0 Å². The number of carbonyl (C=O) groups excluding carboxylic acids is 2. The maximum Gasteiger partial charge on any atom is 0.253 e. The summed E-state index contributed by atoms with van der Waals surface area (Å²) in [6.45, 7) is 4.02. The van der Waals surface area contributed by atoms with Gasteiger partial charge in [-0.15, -0.1) is 0 Å². The first-order chi connectivity index (χ1) is 11.4. The second-order valence-corrected chi connectivity index (χ2v) is 7.39. The molecule has 0 unspecified atom stereocenters. The minimum absolute atomic E-state index is 0.143. The molecule has 0 radical (unpaired) electrons. The maximum atomic E-state index is 12.6. The number of amides is 2. The van der Waals surface area contributed by atoms with Crippen molar-refractivity contribution in [3.05, 3.63) is 62.5 Å². The van der Waals surface area contributed by atoms with Crippen molar-refractivity contribution >= 4 is 49.4 Å². The molecule has 6 heteroatoms. The average Bonchev–Trinajstić information content (AvgIpc) is 2.55. The molecule has 0 bridgehead atoms. The highest BCUT2D eigenvalue weighted by Crippen LogP contribution is 2.31. The van der Waals surface area contributed by atoms with E-state index in [1.54, 1.807) is 26.0 Å². The van der Waals surface area contributed by atoms with Crippen LogP contribution in [-0.4, -0.2) is 11.8 Å². The van der Waals surface area contributed by atoms with Crippen molar-refractivity contribution in [3.8, 4) is 0 Å². The zero-order valence-corrected chi connectivity index (χ0v) is 16.6. The average molecular weight is 454 g/mol. The van der Waals surface area contributed by atoms with E-state index in [9.17, 15) is 9.59 Å². The predicted octanol–water partition coefficient (Wildman–Crippen LogP) is 4.74. The van der Waals surface area contributed by atoms with Crippen LogP contribution >= 0.6 is 31.9 Å². The van der Waals surface area contributed by atoms with E-state index < -0.39 is 0 Å². The molecule has 2 aromatic carbocycles. The molecular weight excluding hydrogens is 436 g/mol. The van der Waals surface area contributed by atoms with Crippen LogP contribution in [-0.2, 0) is 11.3 Å². The molecule has 0 spiro atoms. The number of hydrogen-bond acceptors (Lipinski definition) is 2. The zero-order chi connectivity index (χ0) is 17.7. The Bertz CT molecular complexity index is 746. The van der Waals surface area contributed by atoms with Crippen LogP contribution in [0.2, 0.25) is 0 Å². The Hall–Kier alpha value is -1.66. The molecular formula is C18H18Br2N2O2. The monoisotopic (exact) mass is 452 g/mol. The molecule has 126 valence electrons. The molecule has 0 aliphatic rings. The van der Waals surface area contributed by atoms with Crippen molar-refractivity contribution in [1.29, 1.82) is 0 Å². The standard InChI is InChI=1S/C18H18Br2N2O2/c1-11(2)17(23)22-16-14(8-13(19)9-15(16)20)18(24)21-10-12-6-4-3-5-7-12/h3-9,11H,10H2,1-2H3,(H,21,24)(H,22,23). The molecule has 0 aliphatic heterocycles. The number of carbonyl (C=O) groups is 2. The number of halogens is 2. The molecule has 0 heterocycles. The van der Waals surface area contributed by atoms with Crippen molar-refractivity contribution in [2.75, 3.05) is 5.32 Å². The molecule has 0 saturated carbocycles. The van der Waals surface area contributed by atoms with Gasteiger partial charge in [0, 0.05) is 21.4 Å². The molecule has 0 aromatic heterocycles. The Morgan fingerprint density at radius 3 is 2.38 bits per heavy atom. The Kier molecular flexibility index (Phi) is 6.57. The summed E-state index contributed by atoms with van der Waals surface area (Å²) in [6, 6.07) is 13.1. The minimum atomic E-state index is -0.250. The van der Waals surface area contributed by atoms with Gasteiger partial charge in [0.1, 0.15) is 0 Å². The van der Waals surface area contributed by atoms with Crippen LogP contribution in [0.25, 0.3) is 0 Å². The van der Waals surface area contributed by atoms with E-state index in [0.29, 0.717) is 22.3 Å². The third-order valence-electron chi connectivity index (χ3n) is 3.37. The Morgan fingerprint density at radius 1 is 1.08 bits per heavy atom. The normalized spacial score (nSPS) is 10.5. The van der Waals surface area contributed by atoms with Crippen molar-refractivity contribution in [1.82, 2.24) is 5.32 Å². The van der Waals surface area contributed by atoms with Gasteiger partial charge in [0.05, 0.1) is 11.3 Å². The van der Waals surface area contributed by atoms with Gasteiger partial charge in [0.2, 0.25) is 5.91 Å². The summed E-state index contributed by atoms with van der Waals surface area (Å²) in [6.07, 6.45) is 0. The Balaban J connectivity index is 2.23. The van der Waals surface area contributed by atoms with Crippen LogP contribution in [0.15, 0.2) is 51.4 Å². The summed E-state index contributed by atoms with van der Waals surface area (Å²) in [7, 11) is 0. The highest BCUT2D eigenvalue weighted by atomic mass is 79.9. The van der Waals surface area contributed by atoms with E-state index in [0.717, 1.165) is 10.0 Å². The van der Waals surface area contributed by atoms with Crippen LogP contribution in [0.1, 0.15) is 29.8 Å². The summed E-state index contributed by atoms with van der Waals surface area (Å²) in [5.74, 6) is -0.573. The lowest BCUT2D eigenvalue weighted by Crippen LogP contribution is -2.26. The first-order valence-corrected chi connectivity index (χ1v) is 9.09. The summed E-state index contributed by atoms with van der Waals surface area (Å²) in [5, 5.41) is 5.70. The van der Waals surface area contributed by atoms with Crippen LogP contribution in [0.3, 0.4) is 0 Å². The third-order valence-corrected chi connectivity index (χ3v) is 4.45. The van der Waals surface area contributed by atoms with Crippen molar-refractivity contribution in [2.24, 2.45) is 5.92 Å². The SMILES string of the molecule is CC(C)C(=O)Nc1c(Br)cc(Br)cc1C(=O)NCc1ccccc1. The van der Waals surface area contributed by atoms with E-state index >= 15 is 0 Å². The highest BCUT2D eigenvalue weighted by molar-refractivity contribution is 9.11. The first-order valence-electron chi connectivity index (χ1n) is 7.50. The molecule has 2 amide bonds. The van der Waals surface area contributed by atoms with Crippen molar-refractivity contribution < 1.29 is 9.59 Å². The van der Waals surface area contributed by atoms with Gasteiger partial charge in [-0.1, -0.05) is 60.1 Å². The van der Waals surface area contributed by atoms with E-state index in [1.165, 1.54) is 0 Å². The number of hydrogen-bond donors (Lipinski definition) is 2. The number of nitrogens with one attached hydrogen (secondary N) is 2. The van der Waals surface area contributed by atoms with Gasteiger partial charge in [0.15, 0.2) is 0 Å². The minimum Gasteiger partial charge on any atom is -0.348 e.